The van der Waals surface area contributed by atoms with E-state index < -0.39 is 0 Å². The van der Waals surface area contributed by atoms with Gasteiger partial charge >= 0.3 is 0 Å². The van der Waals surface area contributed by atoms with Crippen LogP contribution >= 0.6 is 0 Å². The highest BCUT2D eigenvalue weighted by atomic mass is 19.1. The summed E-state index contributed by atoms with van der Waals surface area (Å²) in [5, 5.41) is 1.12. The van der Waals surface area contributed by atoms with Gasteiger partial charge in [-0.05, 0) is 12.5 Å². The molecule has 0 saturated carbocycles. The molecule has 0 spiro atoms. The van der Waals surface area contributed by atoms with Gasteiger partial charge in [0.2, 0.25) is 5.91 Å². The van der Waals surface area contributed by atoms with Crippen LogP contribution in [0.15, 0.2) is 24.3 Å². The first kappa shape index (κ1) is 9.15. The molecule has 1 aromatic rings. The fraction of sp³-hybridized carbons (Fsp3) is 0.300. The monoisotopic (exact) mass is 194 g/mol. The maximum absolute atomic E-state index is 13.3. The average Bonchev–Trinajstić information content (AvgIpc) is 2.49. The number of hydrogen-bond donors (Lipinski definition) is 1. The zero-order chi connectivity index (χ0) is 10.1. The van der Waals surface area contributed by atoms with E-state index in [0.717, 1.165) is 5.01 Å². The summed E-state index contributed by atoms with van der Waals surface area (Å²) < 4.78 is 13.3. The van der Waals surface area contributed by atoms with Crippen LogP contribution in [0.3, 0.4) is 0 Å². The van der Waals surface area contributed by atoms with Gasteiger partial charge < -0.3 is 0 Å². The Hall–Kier alpha value is -1.42. The van der Waals surface area contributed by atoms with Crippen LogP contribution < -0.4 is 5.84 Å². The molecule has 0 aromatic heterocycles. The van der Waals surface area contributed by atoms with Gasteiger partial charge in [0.25, 0.3) is 0 Å². The van der Waals surface area contributed by atoms with Gasteiger partial charge in [-0.25, -0.2) is 10.2 Å². The molecule has 1 unspecified atom stereocenters. The molecule has 1 heterocycles. The van der Waals surface area contributed by atoms with Crippen LogP contribution in [0.5, 0.6) is 0 Å². The van der Waals surface area contributed by atoms with E-state index in [1.165, 1.54) is 6.07 Å². The first-order valence-corrected chi connectivity index (χ1v) is 4.51. The van der Waals surface area contributed by atoms with Crippen molar-refractivity contribution in [3.63, 3.8) is 0 Å². The highest BCUT2D eigenvalue weighted by Crippen LogP contribution is 2.31. The second-order valence-corrected chi connectivity index (χ2v) is 3.38. The number of nitrogens with two attached hydrogens (primary N) is 1. The minimum atomic E-state index is -0.303. The van der Waals surface area contributed by atoms with Crippen LogP contribution in [0.25, 0.3) is 0 Å². The van der Waals surface area contributed by atoms with Gasteiger partial charge in [0, 0.05) is 12.0 Å². The average molecular weight is 194 g/mol. The van der Waals surface area contributed by atoms with Crippen LogP contribution in [0.1, 0.15) is 24.4 Å². The number of rotatable bonds is 1. The highest BCUT2D eigenvalue weighted by Gasteiger charge is 2.31. The van der Waals surface area contributed by atoms with Gasteiger partial charge in [0.15, 0.2) is 0 Å². The molecule has 1 saturated heterocycles. The maximum atomic E-state index is 13.3. The molecule has 4 heteroatoms. The number of hydrogen-bond acceptors (Lipinski definition) is 2. The molecule has 1 amide bonds. The van der Waals surface area contributed by atoms with Crippen molar-refractivity contribution >= 4 is 5.91 Å². The Morgan fingerprint density at radius 1 is 1.43 bits per heavy atom. The number of hydrazine groups is 1. The molecule has 2 N–H and O–H groups in total. The molecule has 3 nitrogen and oxygen atoms in total. The molecule has 14 heavy (non-hydrogen) atoms. The topological polar surface area (TPSA) is 46.3 Å². The number of carbonyl (C=O) groups excluding carboxylic acids is 1. The third-order valence-electron chi connectivity index (χ3n) is 2.52. The van der Waals surface area contributed by atoms with Crippen LogP contribution in [-0.4, -0.2) is 10.9 Å². The maximum Gasteiger partial charge on any atom is 0.237 e. The predicted octanol–water partition coefficient (Wildman–Crippen LogP) is 1.36. The minimum Gasteiger partial charge on any atom is -0.273 e. The van der Waals surface area contributed by atoms with E-state index in [0.29, 0.717) is 18.4 Å². The van der Waals surface area contributed by atoms with Crippen molar-refractivity contribution in [3.05, 3.63) is 35.6 Å². The standard InChI is InChI=1S/C10H11FN2O/c11-8-4-2-1-3-7(8)9-5-6-10(14)13(9)12/h1-4,9H,5-6,12H2. The fourth-order valence-corrected chi connectivity index (χ4v) is 1.75. The van der Waals surface area contributed by atoms with E-state index in [9.17, 15) is 9.18 Å². The van der Waals surface area contributed by atoms with E-state index in [1.54, 1.807) is 18.2 Å². The van der Waals surface area contributed by atoms with Crippen molar-refractivity contribution in [2.24, 2.45) is 5.84 Å². The van der Waals surface area contributed by atoms with Crippen molar-refractivity contribution in [3.8, 4) is 0 Å². The van der Waals surface area contributed by atoms with E-state index >= 15 is 0 Å². The summed E-state index contributed by atoms with van der Waals surface area (Å²) in [4.78, 5) is 11.1. The summed E-state index contributed by atoms with van der Waals surface area (Å²) in [5.41, 5.74) is 0.501. The molecule has 0 aliphatic carbocycles. The molecule has 2 rings (SSSR count). The second-order valence-electron chi connectivity index (χ2n) is 3.38. The first-order chi connectivity index (χ1) is 6.70. The molecule has 1 atom stereocenters. The number of benzene rings is 1. The molecule has 0 radical (unpaired) electrons. The molecule has 74 valence electrons. The summed E-state index contributed by atoms with van der Waals surface area (Å²) >= 11 is 0. The van der Waals surface area contributed by atoms with Gasteiger partial charge in [-0.1, -0.05) is 18.2 Å². The van der Waals surface area contributed by atoms with E-state index in [1.807, 2.05) is 0 Å². The van der Waals surface area contributed by atoms with Gasteiger partial charge in [-0.3, -0.25) is 9.80 Å². The van der Waals surface area contributed by atoms with Crippen molar-refractivity contribution in [1.29, 1.82) is 0 Å². The summed E-state index contributed by atoms with van der Waals surface area (Å²) in [6, 6.07) is 6.11. The Labute approximate surface area is 81.3 Å². The zero-order valence-corrected chi connectivity index (χ0v) is 7.61. The summed E-state index contributed by atoms with van der Waals surface area (Å²) in [6.45, 7) is 0. The summed E-state index contributed by atoms with van der Waals surface area (Å²) in [5.74, 6) is 5.11. The molecule has 1 aromatic carbocycles. The van der Waals surface area contributed by atoms with Crippen LogP contribution in [-0.2, 0) is 4.79 Å². The van der Waals surface area contributed by atoms with Gasteiger partial charge in [0.05, 0.1) is 6.04 Å². The lowest BCUT2D eigenvalue weighted by Gasteiger charge is -2.19. The number of amides is 1. The third kappa shape index (κ3) is 1.37. The van der Waals surface area contributed by atoms with Gasteiger partial charge in [-0.2, -0.15) is 0 Å². The van der Waals surface area contributed by atoms with E-state index in [2.05, 4.69) is 0 Å². The smallest absolute Gasteiger partial charge is 0.237 e. The van der Waals surface area contributed by atoms with Crippen molar-refractivity contribution in [1.82, 2.24) is 5.01 Å². The lowest BCUT2D eigenvalue weighted by atomic mass is 10.0. The summed E-state index contributed by atoms with van der Waals surface area (Å²) in [7, 11) is 0. The Morgan fingerprint density at radius 3 is 2.71 bits per heavy atom. The Morgan fingerprint density at radius 2 is 2.14 bits per heavy atom. The van der Waals surface area contributed by atoms with Crippen LogP contribution in [0.2, 0.25) is 0 Å². The van der Waals surface area contributed by atoms with Gasteiger partial charge in [0.1, 0.15) is 5.82 Å². The molecule has 1 aliphatic rings. The molecule has 0 bridgehead atoms. The number of nitrogens with zero attached hydrogens (tertiary/aromatic N) is 1. The first-order valence-electron chi connectivity index (χ1n) is 4.51. The lowest BCUT2D eigenvalue weighted by molar-refractivity contribution is -0.129. The lowest BCUT2D eigenvalue weighted by Crippen LogP contribution is -2.34. The third-order valence-corrected chi connectivity index (χ3v) is 2.52. The quantitative estimate of drug-likeness (QED) is 0.542. The number of halogens is 1. The molecular formula is C10H11FN2O. The Kier molecular flexibility index (Phi) is 2.21. The van der Waals surface area contributed by atoms with Gasteiger partial charge in [-0.15, -0.1) is 0 Å². The van der Waals surface area contributed by atoms with Crippen LogP contribution in [0, 0.1) is 5.82 Å². The number of carbonyl (C=O) groups is 1. The second kappa shape index (κ2) is 3.38. The SMILES string of the molecule is NN1C(=O)CCC1c1ccccc1F. The normalized spacial score (nSPS) is 21.7. The Bertz CT molecular complexity index is 367. The predicted molar refractivity (Wildman–Crippen MR) is 49.4 cm³/mol. The van der Waals surface area contributed by atoms with Crippen molar-refractivity contribution < 1.29 is 9.18 Å². The van der Waals surface area contributed by atoms with Crippen LogP contribution in [0.4, 0.5) is 4.39 Å². The highest BCUT2D eigenvalue weighted by molar-refractivity contribution is 5.78. The Balaban J connectivity index is 2.32. The van der Waals surface area contributed by atoms with Crippen molar-refractivity contribution in [2.75, 3.05) is 0 Å². The minimum absolute atomic E-state index is 0.127. The molecule has 1 aliphatic heterocycles. The van der Waals surface area contributed by atoms with E-state index in [-0.39, 0.29) is 17.8 Å². The fourth-order valence-electron chi connectivity index (χ4n) is 1.75. The summed E-state index contributed by atoms with van der Waals surface area (Å²) in [6.07, 6.45) is 0.992. The zero-order valence-electron chi connectivity index (χ0n) is 7.61. The molecular weight excluding hydrogens is 183 g/mol. The van der Waals surface area contributed by atoms with Crippen molar-refractivity contribution in [2.45, 2.75) is 18.9 Å². The largest absolute Gasteiger partial charge is 0.273 e. The molecule has 1 fully saturated rings. The van der Waals surface area contributed by atoms with E-state index in [4.69, 9.17) is 5.84 Å².